The van der Waals surface area contributed by atoms with E-state index in [0.29, 0.717) is 0 Å². The van der Waals surface area contributed by atoms with Crippen LogP contribution in [-0.2, 0) is 0 Å². The summed E-state index contributed by atoms with van der Waals surface area (Å²) in [6.45, 7) is 2.03. The molecule has 4 rings (SSSR count). The summed E-state index contributed by atoms with van der Waals surface area (Å²) >= 11 is 1.71. The molecule has 0 amide bonds. The summed E-state index contributed by atoms with van der Waals surface area (Å²) in [6, 6.07) is 4.11. The van der Waals surface area contributed by atoms with Crippen molar-refractivity contribution in [3.63, 3.8) is 0 Å². The van der Waals surface area contributed by atoms with Crippen LogP contribution in [0.1, 0.15) is 37.1 Å². The van der Waals surface area contributed by atoms with E-state index >= 15 is 0 Å². The largest absolute Gasteiger partial charge is 0.448 e. The topological polar surface area (TPSA) is 31.4 Å². The number of aromatic nitrogens is 1. The average molecular weight is 261 g/mol. The van der Waals surface area contributed by atoms with Gasteiger partial charge in [-0.05, 0) is 19.8 Å². The van der Waals surface area contributed by atoms with E-state index in [9.17, 15) is 0 Å². The van der Waals surface area contributed by atoms with Gasteiger partial charge in [0.25, 0.3) is 5.79 Å². The molecule has 18 heavy (non-hydrogen) atoms. The average Bonchev–Trinajstić information content (AvgIpc) is 2.84. The number of fused-ring (bicyclic) bond motifs is 2. The minimum atomic E-state index is -0.376. The summed E-state index contributed by atoms with van der Waals surface area (Å²) in [6.07, 6.45) is 5.68. The molecule has 2 aromatic rings. The molecule has 1 spiro atoms. The lowest BCUT2D eigenvalue weighted by Crippen LogP contribution is -2.40. The van der Waals surface area contributed by atoms with E-state index < -0.39 is 0 Å². The van der Waals surface area contributed by atoms with Crippen molar-refractivity contribution in [1.29, 1.82) is 0 Å². The van der Waals surface area contributed by atoms with Crippen LogP contribution >= 0.6 is 11.3 Å². The Morgan fingerprint density at radius 3 is 2.61 bits per heavy atom. The third-order valence-electron chi connectivity index (χ3n) is 3.77. The van der Waals surface area contributed by atoms with Gasteiger partial charge in [-0.1, -0.05) is 6.42 Å². The van der Waals surface area contributed by atoms with Crippen LogP contribution in [0.4, 0.5) is 0 Å². The van der Waals surface area contributed by atoms with Crippen LogP contribution in [0.2, 0.25) is 0 Å². The van der Waals surface area contributed by atoms with Crippen LogP contribution in [0.25, 0.3) is 10.2 Å². The molecule has 94 valence electrons. The van der Waals surface area contributed by atoms with Crippen molar-refractivity contribution in [2.75, 3.05) is 0 Å². The maximum absolute atomic E-state index is 6.11. The maximum Gasteiger partial charge on any atom is 0.251 e. The standard InChI is InChI=1S/C14H15NO2S/c1-9-15-10-7-11-12(8-13(10)18-9)17-14(16-11)5-3-2-4-6-14/h7-8H,2-6H2,1H3. The Hall–Kier alpha value is -1.29. The first-order chi connectivity index (χ1) is 8.74. The second-order valence-electron chi connectivity index (χ2n) is 5.18. The van der Waals surface area contributed by atoms with Gasteiger partial charge in [0.15, 0.2) is 11.5 Å². The van der Waals surface area contributed by atoms with Crippen molar-refractivity contribution in [2.24, 2.45) is 0 Å². The lowest BCUT2D eigenvalue weighted by molar-refractivity contribution is -0.105. The second kappa shape index (κ2) is 3.60. The molecule has 0 unspecified atom stereocenters. The van der Waals surface area contributed by atoms with Gasteiger partial charge in [-0.2, -0.15) is 0 Å². The normalized spacial score (nSPS) is 20.7. The SMILES string of the molecule is Cc1nc2cc3c(cc2s1)OC1(CCCCC1)O3. The first-order valence-electron chi connectivity index (χ1n) is 6.53. The summed E-state index contributed by atoms with van der Waals surface area (Å²) in [5.41, 5.74) is 1.02. The first-order valence-corrected chi connectivity index (χ1v) is 7.35. The number of ether oxygens (including phenoxy) is 2. The molecule has 4 heteroatoms. The van der Waals surface area contributed by atoms with E-state index in [0.717, 1.165) is 34.9 Å². The van der Waals surface area contributed by atoms with Crippen molar-refractivity contribution in [1.82, 2.24) is 4.98 Å². The fraction of sp³-hybridized carbons (Fsp3) is 0.500. The summed E-state index contributed by atoms with van der Waals surface area (Å²) in [7, 11) is 0. The number of benzene rings is 1. The van der Waals surface area contributed by atoms with Gasteiger partial charge >= 0.3 is 0 Å². The summed E-state index contributed by atoms with van der Waals surface area (Å²) in [5, 5.41) is 1.08. The Bertz CT molecular complexity index is 569. The summed E-state index contributed by atoms with van der Waals surface area (Å²) in [4.78, 5) is 4.51. The lowest BCUT2D eigenvalue weighted by atomic mass is 9.94. The van der Waals surface area contributed by atoms with Crippen LogP contribution in [0.3, 0.4) is 0 Å². The first kappa shape index (κ1) is 10.6. The predicted molar refractivity (Wildman–Crippen MR) is 71.4 cm³/mol. The number of hydrogen-bond acceptors (Lipinski definition) is 4. The highest BCUT2D eigenvalue weighted by atomic mass is 32.1. The van der Waals surface area contributed by atoms with Gasteiger partial charge in [0.05, 0.1) is 15.2 Å². The molecule has 1 aromatic heterocycles. The van der Waals surface area contributed by atoms with Crippen molar-refractivity contribution in [3.8, 4) is 11.5 Å². The minimum absolute atomic E-state index is 0.376. The van der Waals surface area contributed by atoms with E-state index in [1.807, 2.05) is 13.0 Å². The number of aryl methyl sites for hydroxylation is 1. The van der Waals surface area contributed by atoms with Crippen molar-refractivity contribution >= 4 is 21.6 Å². The number of hydrogen-bond donors (Lipinski definition) is 0. The number of nitrogens with zero attached hydrogens (tertiary/aromatic N) is 1. The quantitative estimate of drug-likeness (QED) is 0.717. The Kier molecular flexibility index (Phi) is 2.13. The van der Waals surface area contributed by atoms with Crippen LogP contribution in [-0.4, -0.2) is 10.8 Å². The molecular formula is C14H15NO2S. The van der Waals surface area contributed by atoms with Crippen molar-refractivity contribution < 1.29 is 9.47 Å². The molecule has 1 saturated carbocycles. The van der Waals surface area contributed by atoms with Crippen molar-refractivity contribution in [3.05, 3.63) is 17.1 Å². The fourth-order valence-corrected chi connectivity index (χ4v) is 3.76. The smallest absolute Gasteiger partial charge is 0.251 e. The molecule has 0 saturated heterocycles. The summed E-state index contributed by atoms with van der Waals surface area (Å²) in [5.74, 6) is 1.39. The molecule has 0 radical (unpaired) electrons. The van der Waals surface area contributed by atoms with Gasteiger partial charge in [-0.25, -0.2) is 4.98 Å². The second-order valence-corrected chi connectivity index (χ2v) is 6.41. The highest BCUT2D eigenvalue weighted by molar-refractivity contribution is 7.18. The molecule has 0 bridgehead atoms. The van der Waals surface area contributed by atoms with E-state index in [4.69, 9.17) is 9.47 Å². The fourth-order valence-electron chi connectivity index (χ4n) is 2.93. The predicted octanol–water partition coefficient (Wildman–Crippen LogP) is 4.04. The molecule has 2 heterocycles. The van der Waals surface area contributed by atoms with Crippen LogP contribution < -0.4 is 9.47 Å². The van der Waals surface area contributed by atoms with E-state index in [1.54, 1.807) is 11.3 Å². The Balaban J connectivity index is 1.76. The van der Waals surface area contributed by atoms with Crippen LogP contribution in [0.5, 0.6) is 11.5 Å². The van der Waals surface area contributed by atoms with E-state index in [2.05, 4.69) is 11.1 Å². The van der Waals surface area contributed by atoms with Crippen LogP contribution in [0, 0.1) is 6.92 Å². The molecule has 1 fully saturated rings. The molecule has 0 atom stereocenters. The monoisotopic (exact) mass is 261 g/mol. The third kappa shape index (κ3) is 1.52. The highest BCUT2D eigenvalue weighted by Gasteiger charge is 2.42. The van der Waals surface area contributed by atoms with Gasteiger partial charge in [0.2, 0.25) is 0 Å². The van der Waals surface area contributed by atoms with Gasteiger partial charge in [-0.3, -0.25) is 0 Å². The lowest BCUT2D eigenvalue weighted by Gasteiger charge is -2.31. The van der Waals surface area contributed by atoms with Gasteiger partial charge in [-0.15, -0.1) is 11.3 Å². The molecule has 3 nitrogen and oxygen atoms in total. The van der Waals surface area contributed by atoms with Crippen molar-refractivity contribution in [2.45, 2.75) is 44.8 Å². The van der Waals surface area contributed by atoms with E-state index in [1.165, 1.54) is 24.0 Å². The minimum Gasteiger partial charge on any atom is -0.448 e. The molecule has 1 aliphatic heterocycles. The zero-order chi connectivity index (χ0) is 12.2. The number of rotatable bonds is 0. The van der Waals surface area contributed by atoms with Gasteiger partial charge in [0, 0.05) is 25.0 Å². The molecule has 1 aromatic carbocycles. The third-order valence-corrected chi connectivity index (χ3v) is 4.70. The summed E-state index contributed by atoms with van der Waals surface area (Å²) < 4.78 is 13.4. The highest BCUT2D eigenvalue weighted by Crippen LogP contribution is 2.47. The molecular weight excluding hydrogens is 246 g/mol. The Morgan fingerprint density at radius 1 is 1.11 bits per heavy atom. The zero-order valence-corrected chi connectivity index (χ0v) is 11.2. The number of thiazole rings is 1. The zero-order valence-electron chi connectivity index (χ0n) is 10.4. The van der Waals surface area contributed by atoms with Gasteiger partial charge < -0.3 is 9.47 Å². The molecule has 1 aliphatic carbocycles. The molecule has 2 aliphatic rings. The van der Waals surface area contributed by atoms with Crippen LogP contribution in [0.15, 0.2) is 12.1 Å². The Morgan fingerprint density at radius 2 is 1.83 bits per heavy atom. The maximum atomic E-state index is 6.11. The Labute approximate surface area is 110 Å². The molecule has 0 N–H and O–H groups in total. The van der Waals surface area contributed by atoms with E-state index in [-0.39, 0.29) is 5.79 Å². The van der Waals surface area contributed by atoms with Gasteiger partial charge in [0.1, 0.15) is 0 Å².